The molecule has 0 aliphatic heterocycles. The molecule has 2 aromatic rings. The topological polar surface area (TPSA) is 127 Å². The maximum Gasteiger partial charge on any atom is 0.258 e. The highest BCUT2D eigenvalue weighted by molar-refractivity contribution is 7.89. The van der Waals surface area contributed by atoms with E-state index >= 15 is 0 Å². The fourth-order valence-corrected chi connectivity index (χ4v) is 2.28. The van der Waals surface area contributed by atoms with E-state index in [1.807, 2.05) is 0 Å². The Bertz CT molecular complexity index is 725. The summed E-state index contributed by atoms with van der Waals surface area (Å²) in [5.74, 6) is -0.321. The first-order chi connectivity index (χ1) is 9.41. The van der Waals surface area contributed by atoms with Crippen LogP contribution in [0.15, 0.2) is 35.5 Å². The Morgan fingerprint density at radius 1 is 1.45 bits per heavy atom. The second-order valence-electron chi connectivity index (χ2n) is 3.85. The quantitative estimate of drug-likeness (QED) is 0.748. The standard InChI is InChI=1S/C11H12N4O4S/c1-19-9-3-2-8(4-10(9)20(12,17)18)15-11(16)7-5-13-14-6-7/h2-6H,1H3,(H,13,14)(H,15,16)(H2,12,17,18). The zero-order valence-electron chi connectivity index (χ0n) is 10.5. The van der Waals surface area contributed by atoms with Crippen molar-refractivity contribution in [3.63, 3.8) is 0 Å². The number of ether oxygens (including phenoxy) is 1. The summed E-state index contributed by atoms with van der Waals surface area (Å²) in [5, 5.41) is 13.8. The second kappa shape index (κ2) is 5.31. The number of nitrogens with two attached hydrogens (primary N) is 1. The number of aromatic nitrogens is 2. The lowest BCUT2D eigenvalue weighted by atomic mass is 10.2. The number of amides is 1. The average molecular weight is 296 g/mol. The summed E-state index contributed by atoms with van der Waals surface area (Å²) in [6, 6.07) is 4.14. The summed E-state index contributed by atoms with van der Waals surface area (Å²) < 4.78 is 27.8. The van der Waals surface area contributed by atoms with Gasteiger partial charge in [-0.25, -0.2) is 13.6 Å². The summed E-state index contributed by atoms with van der Waals surface area (Å²) >= 11 is 0. The first-order valence-electron chi connectivity index (χ1n) is 5.43. The first-order valence-corrected chi connectivity index (χ1v) is 6.97. The molecule has 0 atom stereocenters. The lowest BCUT2D eigenvalue weighted by molar-refractivity contribution is 0.102. The van der Waals surface area contributed by atoms with Crippen molar-refractivity contribution < 1.29 is 17.9 Å². The molecule has 1 aromatic carbocycles. The van der Waals surface area contributed by atoms with E-state index in [1.165, 1.54) is 37.7 Å². The van der Waals surface area contributed by atoms with Gasteiger partial charge in [-0.15, -0.1) is 0 Å². The average Bonchev–Trinajstić information content (AvgIpc) is 2.91. The minimum atomic E-state index is -3.95. The van der Waals surface area contributed by atoms with E-state index in [0.29, 0.717) is 5.56 Å². The molecule has 0 radical (unpaired) electrons. The maximum atomic E-state index is 11.8. The molecule has 0 spiro atoms. The van der Waals surface area contributed by atoms with Gasteiger partial charge in [0, 0.05) is 11.9 Å². The number of nitrogens with one attached hydrogen (secondary N) is 2. The molecule has 0 saturated heterocycles. The molecule has 2 rings (SSSR count). The number of hydrogen-bond acceptors (Lipinski definition) is 5. The van der Waals surface area contributed by atoms with Crippen LogP contribution in [0, 0.1) is 0 Å². The molecule has 106 valence electrons. The Kier molecular flexibility index (Phi) is 3.72. The van der Waals surface area contributed by atoms with Gasteiger partial charge >= 0.3 is 0 Å². The molecule has 0 aliphatic carbocycles. The van der Waals surface area contributed by atoms with E-state index in [0.717, 1.165) is 0 Å². The molecule has 0 aliphatic rings. The Morgan fingerprint density at radius 3 is 2.75 bits per heavy atom. The normalized spacial score (nSPS) is 11.1. The van der Waals surface area contributed by atoms with Crippen molar-refractivity contribution in [2.24, 2.45) is 5.14 Å². The van der Waals surface area contributed by atoms with E-state index < -0.39 is 15.9 Å². The number of hydrogen-bond donors (Lipinski definition) is 3. The van der Waals surface area contributed by atoms with Gasteiger partial charge in [0.25, 0.3) is 5.91 Å². The zero-order chi connectivity index (χ0) is 14.8. The van der Waals surface area contributed by atoms with Gasteiger partial charge in [-0.2, -0.15) is 5.10 Å². The third kappa shape index (κ3) is 2.95. The van der Waals surface area contributed by atoms with Crippen LogP contribution in [0.1, 0.15) is 10.4 Å². The fourth-order valence-electron chi connectivity index (χ4n) is 1.56. The van der Waals surface area contributed by atoms with Gasteiger partial charge in [-0.1, -0.05) is 0 Å². The molecular weight excluding hydrogens is 284 g/mol. The molecular formula is C11H12N4O4S. The number of anilines is 1. The fraction of sp³-hybridized carbons (Fsp3) is 0.0909. The highest BCUT2D eigenvalue weighted by Crippen LogP contribution is 2.26. The van der Waals surface area contributed by atoms with E-state index in [2.05, 4.69) is 15.5 Å². The van der Waals surface area contributed by atoms with Crippen molar-refractivity contribution in [3.05, 3.63) is 36.2 Å². The van der Waals surface area contributed by atoms with Crippen molar-refractivity contribution in [1.82, 2.24) is 10.2 Å². The predicted molar refractivity (Wildman–Crippen MR) is 70.9 cm³/mol. The number of nitrogens with zero attached hydrogens (tertiary/aromatic N) is 1. The molecule has 4 N–H and O–H groups in total. The van der Waals surface area contributed by atoms with Crippen LogP contribution >= 0.6 is 0 Å². The smallest absolute Gasteiger partial charge is 0.258 e. The summed E-state index contributed by atoms with van der Waals surface area (Å²) in [4.78, 5) is 11.6. The van der Waals surface area contributed by atoms with Crippen LogP contribution in [0.25, 0.3) is 0 Å². The van der Waals surface area contributed by atoms with Crippen LogP contribution in [0.5, 0.6) is 5.75 Å². The Balaban J connectivity index is 2.33. The number of aromatic amines is 1. The van der Waals surface area contributed by atoms with Gasteiger partial charge in [-0.05, 0) is 18.2 Å². The highest BCUT2D eigenvalue weighted by atomic mass is 32.2. The molecule has 8 nitrogen and oxygen atoms in total. The van der Waals surface area contributed by atoms with Crippen molar-refractivity contribution in [3.8, 4) is 5.75 Å². The number of sulfonamides is 1. The highest BCUT2D eigenvalue weighted by Gasteiger charge is 2.16. The second-order valence-corrected chi connectivity index (χ2v) is 5.38. The lowest BCUT2D eigenvalue weighted by Gasteiger charge is -2.09. The van der Waals surface area contributed by atoms with E-state index in [4.69, 9.17) is 9.88 Å². The van der Waals surface area contributed by atoms with Crippen LogP contribution < -0.4 is 15.2 Å². The molecule has 0 fully saturated rings. The van der Waals surface area contributed by atoms with Crippen LogP contribution in [-0.2, 0) is 10.0 Å². The molecule has 0 saturated carbocycles. The minimum absolute atomic E-state index is 0.105. The number of carbonyl (C=O) groups excluding carboxylic acids is 1. The van der Waals surface area contributed by atoms with Crippen molar-refractivity contribution in [1.29, 1.82) is 0 Å². The largest absolute Gasteiger partial charge is 0.495 e. The van der Waals surface area contributed by atoms with Gasteiger partial charge in [0.1, 0.15) is 10.6 Å². The predicted octanol–water partition coefficient (Wildman–Crippen LogP) is 0.318. The van der Waals surface area contributed by atoms with Crippen LogP contribution in [-0.4, -0.2) is 31.6 Å². The molecule has 0 unspecified atom stereocenters. The molecule has 0 bridgehead atoms. The lowest BCUT2D eigenvalue weighted by Crippen LogP contribution is -2.15. The van der Waals surface area contributed by atoms with Crippen LogP contribution in [0.3, 0.4) is 0 Å². The van der Waals surface area contributed by atoms with E-state index in [1.54, 1.807) is 0 Å². The number of methoxy groups -OCH3 is 1. The number of benzene rings is 1. The van der Waals surface area contributed by atoms with Crippen LogP contribution in [0.4, 0.5) is 5.69 Å². The van der Waals surface area contributed by atoms with Gasteiger partial charge < -0.3 is 10.1 Å². The SMILES string of the molecule is COc1ccc(NC(=O)c2cn[nH]c2)cc1S(N)(=O)=O. The monoisotopic (exact) mass is 296 g/mol. The minimum Gasteiger partial charge on any atom is -0.495 e. The van der Waals surface area contributed by atoms with E-state index in [-0.39, 0.29) is 16.3 Å². The number of carbonyl (C=O) groups is 1. The molecule has 1 heterocycles. The van der Waals surface area contributed by atoms with Crippen molar-refractivity contribution in [2.45, 2.75) is 4.90 Å². The van der Waals surface area contributed by atoms with Gasteiger partial charge in [-0.3, -0.25) is 9.89 Å². The molecule has 9 heteroatoms. The Hall–Kier alpha value is -2.39. The third-order valence-corrected chi connectivity index (χ3v) is 3.42. The van der Waals surface area contributed by atoms with Gasteiger partial charge in [0.05, 0.1) is 18.9 Å². The molecule has 1 amide bonds. The number of primary sulfonamides is 1. The van der Waals surface area contributed by atoms with Crippen LogP contribution in [0.2, 0.25) is 0 Å². The third-order valence-electron chi connectivity index (χ3n) is 2.49. The summed E-state index contributed by atoms with van der Waals surface area (Å²) in [5.41, 5.74) is 0.596. The Morgan fingerprint density at radius 2 is 2.20 bits per heavy atom. The molecule has 20 heavy (non-hydrogen) atoms. The van der Waals surface area contributed by atoms with E-state index in [9.17, 15) is 13.2 Å². The van der Waals surface area contributed by atoms with Crippen molar-refractivity contribution in [2.75, 3.05) is 12.4 Å². The van der Waals surface area contributed by atoms with Gasteiger partial charge in [0.2, 0.25) is 10.0 Å². The van der Waals surface area contributed by atoms with Crippen molar-refractivity contribution >= 4 is 21.6 Å². The maximum absolute atomic E-state index is 11.8. The summed E-state index contributed by atoms with van der Waals surface area (Å²) in [6.07, 6.45) is 2.76. The number of H-pyrrole nitrogens is 1. The summed E-state index contributed by atoms with van der Waals surface area (Å²) in [6.45, 7) is 0. The summed E-state index contributed by atoms with van der Waals surface area (Å²) in [7, 11) is -2.63. The zero-order valence-corrected chi connectivity index (χ0v) is 11.3. The molecule has 1 aromatic heterocycles. The first kappa shape index (κ1) is 14.0. The Labute approximate surface area is 115 Å². The van der Waals surface area contributed by atoms with Gasteiger partial charge in [0.15, 0.2) is 0 Å². The number of rotatable bonds is 4.